The molecule has 1 aromatic carbocycles. The van der Waals surface area contributed by atoms with Crippen molar-refractivity contribution in [1.82, 2.24) is 10.2 Å². The topological polar surface area (TPSA) is 66.5 Å². The maximum atomic E-state index is 12.4. The van der Waals surface area contributed by atoms with Gasteiger partial charge in [0, 0.05) is 19.5 Å². The van der Waals surface area contributed by atoms with E-state index in [9.17, 15) is 14.4 Å². The molecular formula is C19H24N2O3S. The molecule has 1 aliphatic heterocycles. The molecule has 0 spiro atoms. The minimum atomic E-state index is -0.305. The average Bonchev–Trinajstić information content (AvgIpc) is 2.75. The van der Waals surface area contributed by atoms with Gasteiger partial charge in [-0.1, -0.05) is 50.6 Å². The van der Waals surface area contributed by atoms with Crippen LogP contribution >= 0.6 is 11.8 Å². The van der Waals surface area contributed by atoms with E-state index in [1.165, 1.54) is 4.90 Å². The molecule has 0 aliphatic carbocycles. The van der Waals surface area contributed by atoms with Gasteiger partial charge < -0.3 is 5.32 Å². The van der Waals surface area contributed by atoms with Gasteiger partial charge in [0.25, 0.3) is 11.1 Å². The Balaban J connectivity index is 1.93. The van der Waals surface area contributed by atoms with Gasteiger partial charge in [0.15, 0.2) is 0 Å². The Morgan fingerprint density at radius 2 is 1.84 bits per heavy atom. The third-order valence-electron chi connectivity index (χ3n) is 3.60. The minimum absolute atomic E-state index is 0.0744. The summed E-state index contributed by atoms with van der Waals surface area (Å²) in [4.78, 5) is 37.9. The van der Waals surface area contributed by atoms with Crippen LogP contribution in [-0.4, -0.2) is 35.0 Å². The number of hydrogen-bond acceptors (Lipinski definition) is 4. The van der Waals surface area contributed by atoms with Crippen molar-refractivity contribution in [2.75, 3.05) is 13.1 Å². The molecule has 5 nitrogen and oxygen atoms in total. The molecule has 0 atom stereocenters. The van der Waals surface area contributed by atoms with E-state index < -0.39 is 0 Å². The van der Waals surface area contributed by atoms with Crippen LogP contribution in [0.3, 0.4) is 0 Å². The Labute approximate surface area is 152 Å². The summed E-state index contributed by atoms with van der Waals surface area (Å²) in [5, 5.41) is 2.47. The van der Waals surface area contributed by atoms with Gasteiger partial charge in [-0.15, -0.1) is 0 Å². The predicted octanol–water partition coefficient (Wildman–Crippen LogP) is 3.58. The standard InChI is InChI=1S/C19H24N2O3S/c1-13-5-7-14(8-6-13)11-15-17(23)21(18(24)25-15)10-9-20-16(22)12-19(2,3)4/h5-8,11H,9-10,12H2,1-4H3,(H,20,22)/b15-11-. The first-order chi connectivity index (χ1) is 11.7. The molecule has 3 amide bonds. The number of nitrogens with one attached hydrogen (secondary N) is 1. The number of hydrogen-bond donors (Lipinski definition) is 1. The summed E-state index contributed by atoms with van der Waals surface area (Å²) >= 11 is 0.936. The minimum Gasteiger partial charge on any atom is -0.354 e. The molecule has 0 radical (unpaired) electrons. The molecule has 2 rings (SSSR count). The van der Waals surface area contributed by atoms with Crippen molar-refractivity contribution in [3.05, 3.63) is 40.3 Å². The van der Waals surface area contributed by atoms with Gasteiger partial charge >= 0.3 is 0 Å². The lowest BCUT2D eigenvalue weighted by atomic mass is 9.92. The highest BCUT2D eigenvalue weighted by Gasteiger charge is 2.34. The maximum Gasteiger partial charge on any atom is 0.293 e. The van der Waals surface area contributed by atoms with E-state index in [-0.39, 0.29) is 35.6 Å². The number of nitrogens with zero attached hydrogens (tertiary/aromatic N) is 1. The summed E-state index contributed by atoms with van der Waals surface area (Å²) in [6, 6.07) is 7.74. The summed E-state index contributed by atoms with van der Waals surface area (Å²) in [6.07, 6.45) is 2.13. The third-order valence-corrected chi connectivity index (χ3v) is 4.50. The van der Waals surface area contributed by atoms with Crippen molar-refractivity contribution in [2.24, 2.45) is 5.41 Å². The fraction of sp³-hybridized carbons (Fsp3) is 0.421. The first-order valence-corrected chi connectivity index (χ1v) is 9.06. The number of benzene rings is 1. The fourth-order valence-electron chi connectivity index (χ4n) is 2.36. The second-order valence-corrected chi connectivity index (χ2v) is 8.32. The van der Waals surface area contributed by atoms with Crippen LogP contribution in [0.1, 0.15) is 38.3 Å². The molecule has 1 fully saturated rings. The number of amides is 3. The lowest BCUT2D eigenvalue weighted by molar-refractivity contribution is -0.125. The predicted molar refractivity (Wildman–Crippen MR) is 101 cm³/mol. The number of imide groups is 1. The van der Waals surface area contributed by atoms with E-state index in [2.05, 4.69) is 5.32 Å². The zero-order valence-corrected chi connectivity index (χ0v) is 15.9. The van der Waals surface area contributed by atoms with Crippen molar-refractivity contribution >= 4 is 34.9 Å². The molecule has 1 aromatic rings. The van der Waals surface area contributed by atoms with E-state index >= 15 is 0 Å². The SMILES string of the molecule is Cc1ccc(/C=C2\SC(=O)N(CCNC(=O)CC(C)(C)C)C2=O)cc1. The van der Waals surface area contributed by atoms with Crippen LogP contribution in [0.2, 0.25) is 0 Å². The quantitative estimate of drug-likeness (QED) is 0.815. The molecule has 0 saturated carbocycles. The van der Waals surface area contributed by atoms with Gasteiger partial charge in [0.1, 0.15) is 0 Å². The molecule has 1 N–H and O–H groups in total. The van der Waals surface area contributed by atoms with Crippen LogP contribution < -0.4 is 5.32 Å². The van der Waals surface area contributed by atoms with Gasteiger partial charge in [-0.2, -0.15) is 0 Å². The van der Waals surface area contributed by atoms with Crippen LogP contribution in [0.5, 0.6) is 0 Å². The molecule has 134 valence electrons. The van der Waals surface area contributed by atoms with Crippen molar-refractivity contribution < 1.29 is 14.4 Å². The summed E-state index contributed by atoms with van der Waals surface area (Å²) in [7, 11) is 0. The molecule has 1 aliphatic rings. The van der Waals surface area contributed by atoms with Gasteiger partial charge in [-0.05, 0) is 35.7 Å². The van der Waals surface area contributed by atoms with Gasteiger partial charge in [0.2, 0.25) is 5.91 Å². The molecule has 1 saturated heterocycles. The summed E-state index contributed by atoms with van der Waals surface area (Å²) in [5.41, 5.74) is 1.93. The zero-order chi connectivity index (χ0) is 18.6. The van der Waals surface area contributed by atoms with Crippen LogP contribution in [0.25, 0.3) is 6.08 Å². The smallest absolute Gasteiger partial charge is 0.293 e. The molecule has 6 heteroatoms. The fourth-order valence-corrected chi connectivity index (χ4v) is 3.22. The van der Waals surface area contributed by atoms with Crippen molar-refractivity contribution in [2.45, 2.75) is 34.1 Å². The number of rotatable bonds is 5. The van der Waals surface area contributed by atoms with E-state index in [1.807, 2.05) is 52.0 Å². The van der Waals surface area contributed by atoms with E-state index in [4.69, 9.17) is 0 Å². The third kappa shape index (κ3) is 5.74. The number of carbonyl (C=O) groups excluding carboxylic acids is 3. The first-order valence-electron chi connectivity index (χ1n) is 8.24. The van der Waals surface area contributed by atoms with Gasteiger partial charge in [-0.3, -0.25) is 19.3 Å². The normalized spacial score (nSPS) is 16.6. The summed E-state index contributed by atoms with van der Waals surface area (Å²) in [6.45, 7) is 8.40. The average molecular weight is 360 g/mol. The monoisotopic (exact) mass is 360 g/mol. The Morgan fingerprint density at radius 3 is 2.44 bits per heavy atom. The highest BCUT2D eigenvalue weighted by Crippen LogP contribution is 2.31. The molecule has 0 aromatic heterocycles. The largest absolute Gasteiger partial charge is 0.354 e. The lowest BCUT2D eigenvalue weighted by Gasteiger charge is -2.18. The van der Waals surface area contributed by atoms with Crippen molar-refractivity contribution in [1.29, 1.82) is 0 Å². The van der Waals surface area contributed by atoms with E-state index in [0.29, 0.717) is 11.3 Å². The molecule has 1 heterocycles. The van der Waals surface area contributed by atoms with Gasteiger partial charge in [0.05, 0.1) is 4.91 Å². The van der Waals surface area contributed by atoms with Crippen molar-refractivity contribution in [3.8, 4) is 0 Å². The second-order valence-electron chi connectivity index (χ2n) is 7.33. The number of carbonyl (C=O) groups is 3. The Kier molecular flexibility index (Phi) is 6.06. The highest BCUT2D eigenvalue weighted by atomic mass is 32.2. The van der Waals surface area contributed by atoms with Crippen molar-refractivity contribution in [3.63, 3.8) is 0 Å². The van der Waals surface area contributed by atoms with Gasteiger partial charge in [-0.25, -0.2) is 0 Å². The van der Waals surface area contributed by atoms with Crippen LogP contribution in [0, 0.1) is 12.3 Å². The number of thioether (sulfide) groups is 1. The molecular weight excluding hydrogens is 336 g/mol. The van der Waals surface area contributed by atoms with E-state index in [1.54, 1.807) is 6.08 Å². The van der Waals surface area contributed by atoms with Crippen LogP contribution in [0.15, 0.2) is 29.2 Å². The summed E-state index contributed by atoms with van der Waals surface area (Å²) < 4.78 is 0. The Hall–Kier alpha value is -2.08. The van der Waals surface area contributed by atoms with E-state index in [0.717, 1.165) is 22.9 Å². The molecule has 0 bridgehead atoms. The maximum absolute atomic E-state index is 12.4. The molecule has 0 unspecified atom stereocenters. The van der Waals surface area contributed by atoms with Crippen LogP contribution in [0.4, 0.5) is 4.79 Å². The second kappa shape index (κ2) is 7.87. The number of aryl methyl sites for hydroxylation is 1. The first kappa shape index (κ1) is 19.2. The Morgan fingerprint density at radius 1 is 1.20 bits per heavy atom. The lowest BCUT2D eigenvalue weighted by Crippen LogP contribution is -2.38. The summed E-state index contributed by atoms with van der Waals surface area (Å²) in [5.74, 6) is -0.379. The molecule has 25 heavy (non-hydrogen) atoms. The zero-order valence-electron chi connectivity index (χ0n) is 15.1. The highest BCUT2D eigenvalue weighted by molar-refractivity contribution is 8.18. The van der Waals surface area contributed by atoms with Crippen LogP contribution in [-0.2, 0) is 9.59 Å². The Bertz CT molecular complexity index is 702.